The fourth-order valence-electron chi connectivity index (χ4n) is 8.87. The number of nitrogens with zero attached hydrogens (tertiary/aromatic N) is 2. The van der Waals surface area contributed by atoms with Crippen LogP contribution in [0, 0.1) is 0 Å². The molecule has 0 amide bonds. The van der Waals surface area contributed by atoms with E-state index in [2.05, 4.69) is 118 Å². The first-order valence-electron chi connectivity index (χ1n) is 15.9. The standard InChI is InChI=1S/2C20H16N.2ClH.Zr/c2*1-2-7-15-14(6-1)12-13-20(15)21-18-10-4-3-8-16(18)17-9-5-11-19(17)21;;;/h2*1-4,6-8,10,12,20H,5,9,11H2;2*1H;/q;;;;+2/p-2. The van der Waals surface area contributed by atoms with Crippen LogP contribution in [0.25, 0.3) is 34.0 Å². The van der Waals surface area contributed by atoms with Gasteiger partial charge in [0, 0.05) is 0 Å². The van der Waals surface area contributed by atoms with Crippen molar-refractivity contribution in [3.05, 3.63) is 148 Å². The second kappa shape index (κ2) is 11.3. The molecule has 4 aliphatic rings. The number of rotatable bonds is 4. The van der Waals surface area contributed by atoms with Crippen molar-refractivity contribution in [1.29, 1.82) is 0 Å². The summed E-state index contributed by atoms with van der Waals surface area (Å²) in [6.07, 6.45) is 12.6. The maximum Gasteiger partial charge on any atom is -1.00 e. The Labute approximate surface area is 288 Å². The van der Waals surface area contributed by atoms with Crippen molar-refractivity contribution < 1.29 is 48.0 Å². The summed E-state index contributed by atoms with van der Waals surface area (Å²) in [5.41, 5.74) is 15.1. The summed E-state index contributed by atoms with van der Waals surface area (Å²) in [5, 5.41) is 2.95. The van der Waals surface area contributed by atoms with Crippen molar-refractivity contribution in [3.63, 3.8) is 0 Å². The summed E-state index contributed by atoms with van der Waals surface area (Å²) in [4.78, 5) is 0. The zero-order chi connectivity index (χ0) is 28.1. The molecule has 4 aromatic carbocycles. The van der Waals surface area contributed by atoms with Crippen LogP contribution in [0.1, 0.15) is 69.7 Å². The largest absolute Gasteiger partial charge is 1.00 e. The van der Waals surface area contributed by atoms with Gasteiger partial charge in [0.2, 0.25) is 0 Å². The minimum Gasteiger partial charge on any atom is -1.00 e. The fourth-order valence-corrected chi connectivity index (χ4v) is 12.9. The van der Waals surface area contributed by atoms with E-state index >= 15 is 0 Å². The van der Waals surface area contributed by atoms with Gasteiger partial charge in [-0.2, -0.15) is 0 Å². The van der Waals surface area contributed by atoms with Crippen LogP contribution in [-0.2, 0) is 48.9 Å². The van der Waals surface area contributed by atoms with E-state index in [9.17, 15) is 0 Å². The number of fused-ring (bicyclic) bond motifs is 8. The van der Waals surface area contributed by atoms with Crippen LogP contribution in [0.3, 0.4) is 0 Å². The van der Waals surface area contributed by atoms with E-state index in [-0.39, 0.29) is 24.8 Å². The molecule has 0 radical (unpaired) electrons. The Morgan fingerprint density at radius 3 is 1.40 bits per heavy atom. The molecule has 6 aromatic rings. The van der Waals surface area contributed by atoms with Gasteiger partial charge < -0.3 is 24.8 Å². The molecule has 0 fully saturated rings. The molecular formula is C40H32Cl2N2Zr. The number of allylic oxidation sites excluding steroid dienone is 2. The molecule has 0 bridgehead atoms. The van der Waals surface area contributed by atoms with Crippen LogP contribution < -0.4 is 24.8 Å². The number of aryl methyl sites for hydroxylation is 2. The van der Waals surface area contributed by atoms with E-state index in [1.807, 2.05) is 0 Å². The summed E-state index contributed by atoms with van der Waals surface area (Å²) in [5.74, 6) is 0. The molecule has 0 saturated heterocycles. The summed E-state index contributed by atoms with van der Waals surface area (Å²) in [6, 6.07) is 37.5. The van der Waals surface area contributed by atoms with Gasteiger partial charge in [0.25, 0.3) is 0 Å². The van der Waals surface area contributed by atoms with E-state index in [1.165, 1.54) is 82.6 Å². The Morgan fingerprint density at radius 1 is 0.489 bits per heavy atom. The molecule has 0 aliphatic heterocycles. The average molecular weight is 703 g/mol. The second-order valence-electron chi connectivity index (χ2n) is 12.7. The molecule has 5 heteroatoms. The first-order chi connectivity index (χ1) is 21.3. The predicted molar refractivity (Wildman–Crippen MR) is 173 cm³/mol. The summed E-state index contributed by atoms with van der Waals surface area (Å²) < 4.78 is 8.93. The summed E-state index contributed by atoms with van der Waals surface area (Å²) >= 11 is -1.18. The van der Waals surface area contributed by atoms with Gasteiger partial charge >= 0.3 is 265 Å². The monoisotopic (exact) mass is 700 g/mol. The quantitative estimate of drug-likeness (QED) is 0.267. The van der Waals surface area contributed by atoms with E-state index in [0.717, 1.165) is 0 Å². The molecule has 0 spiro atoms. The molecule has 2 aromatic heterocycles. The van der Waals surface area contributed by atoms with Crippen LogP contribution in [0.4, 0.5) is 0 Å². The second-order valence-corrected chi connectivity index (χ2v) is 16.2. The molecule has 45 heavy (non-hydrogen) atoms. The Hall–Kier alpha value is -3.10. The maximum absolute atomic E-state index is 2.77. The van der Waals surface area contributed by atoms with Gasteiger partial charge in [-0.3, -0.25) is 0 Å². The zero-order valence-corrected chi connectivity index (χ0v) is 28.9. The Kier molecular flexibility index (Phi) is 7.36. The minimum absolute atomic E-state index is 0. The van der Waals surface area contributed by atoms with Crippen molar-refractivity contribution in [2.24, 2.45) is 0 Å². The summed E-state index contributed by atoms with van der Waals surface area (Å²) in [6.45, 7) is 0. The maximum atomic E-state index is 2.77. The van der Waals surface area contributed by atoms with Crippen molar-refractivity contribution in [1.82, 2.24) is 9.13 Å². The molecule has 4 aliphatic carbocycles. The van der Waals surface area contributed by atoms with Gasteiger partial charge in [-0.1, -0.05) is 0 Å². The predicted octanol–water partition coefficient (Wildman–Crippen LogP) is 3.25. The number of para-hydroxylation sites is 2. The van der Waals surface area contributed by atoms with Crippen molar-refractivity contribution >= 4 is 34.0 Å². The first kappa shape index (κ1) is 29.3. The molecule has 0 N–H and O–H groups in total. The number of hydrogen-bond donors (Lipinski definition) is 0. The van der Waals surface area contributed by atoms with Gasteiger partial charge in [-0.15, -0.1) is 0 Å². The van der Waals surface area contributed by atoms with E-state index < -0.39 is 23.2 Å². The van der Waals surface area contributed by atoms with Crippen LogP contribution in [0.2, 0.25) is 0 Å². The van der Waals surface area contributed by atoms with E-state index in [4.69, 9.17) is 0 Å². The van der Waals surface area contributed by atoms with E-state index in [1.54, 1.807) is 29.1 Å². The van der Waals surface area contributed by atoms with Crippen LogP contribution in [0.15, 0.2) is 104 Å². The third-order valence-corrected chi connectivity index (χ3v) is 14.0. The molecule has 2 unspecified atom stereocenters. The van der Waals surface area contributed by atoms with Gasteiger partial charge in [0.05, 0.1) is 0 Å². The molecule has 220 valence electrons. The number of hydrogen-bond acceptors (Lipinski definition) is 0. The Bertz CT molecular complexity index is 2040. The third kappa shape index (κ3) is 4.23. The SMILES string of the molecule is C1=[C]([Zr+2][C]2=Cc3ccccc3C2n2c3c(c4ccccc42)CCC3)C(n2c3c(c4ccccc42)CCC3)c2ccccc21.[Cl-].[Cl-]. The average Bonchev–Trinajstić information content (AvgIpc) is 3.88. The van der Waals surface area contributed by atoms with Gasteiger partial charge in [0.1, 0.15) is 0 Å². The molecule has 2 atom stereocenters. The normalized spacial score (nSPS) is 18.8. The number of benzene rings is 4. The molecule has 2 nitrogen and oxygen atoms in total. The summed E-state index contributed by atoms with van der Waals surface area (Å²) in [7, 11) is 0. The van der Waals surface area contributed by atoms with E-state index in [0.29, 0.717) is 12.1 Å². The van der Waals surface area contributed by atoms with Gasteiger partial charge in [0.15, 0.2) is 0 Å². The van der Waals surface area contributed by atoms with Gasteiger partial charge in [-0.05, 0) is 0 Å². The minimum atomic E-state index is -1.18. The van der Waals surface area contributed by atoms with Crippen molar-refractivity contribution in [2.75, 3.05) is 0 Å². The third-order valence-electron chi connectivity index (χ3n) is 10.5. The smallest absolute Gasteiger partial charge is 1.00 e. The van der Waals surface area contributed by atoms with Crippen LogP contribution in [0.5, 0.6) is 0 Å². The molecular weight excluding hydrogens is 671 g/mol. The fraction of sp³-hybridized carbons (Fsp3) is 0.200. The molecule has 10 rings (SSSR count). The van der Waals surface area contributed by atoms with Crippen LogP contribution in [-0.4, -0.2) is 9.13 Å². The molecule has 2 heterocycles. The van der Waals surface area contributed by atoms with Crippen LogP contribution >= 0.6 is 0 Å². The number of aromatic nitrogens is 2. The molecule has 0 saturated carbocycles. The van der Waals surface area contributed by atoms with Crippen molar-refractivity contribution in [2.45, 2.75) is 50.6 Å². The number of halogens is 2. The topological polar surface area (TPSA) is 9.86 Å². The van der Waals surface area contributed by atoms with Gasteiger partial charge in [-0.25, -0.2) is 0 Å². The Balaban J connectivity index is 0.00000150. The Morgan fingerprint density at radius 2 is 0.911 bits per heavy atom. The zero-order valence-electron chi connectivity index (χ0n) is 24.9. The first-order valence-corrected chi connectivity index (χ1v) is 18.4. The van der Waals surface area contributed by atoms with Crippen molar-refractivity contribution in [3.8, 4) is 0 Å².